The minimum absolute atomic E-state index is 0. The molecule has 0 aliphatic heterocycles. The minimum Gasteiger partial charge on any atom is -0.397 e. The minimum atomic E-state index is -0.358. The van der Waals surface area contributed by atoms with Gasteiger partial charge >= 0.3 is 0 Å². The highest BCUT2D eigenvalue weighted by Crippen LogP contribution is 2.24. The Bertz CT molecular complexity index is 482. The highest BCUT2D eigenvalue weighted by atomic mass is 19.1. The van der Waals surface area contributed by atoms with E-state index in [-0.39, 0.29) is 12.0 Å². The van der Waals surface area contributed by atoms with Crippen molar-refractivity contribution in [3.8, 4) is 11.3 Å². The lowest BCUT2D eigenvalue weighted by molar-refractivity contribution is 0.622. The summed E-state index contributed by atoms with van der Waals surface area (Å²) in [5, 5.41) is 0. The zero-order valence-corrected chi connectivity index (χ0v) is 8.94. The summed E-state index contributed by atoms with van der Waals surface area (Å²) >= 11 is 0. The molecule has 84 valence electrons. The molecule has 0 saturated heterocycles. The van der Waals surface area contributed by atoms with E-state index in [1.807, 2.05) is 6.92 Å². The van der Waals surface area contributed by atoms with E-state index in [1.54, 1.807) is 18.3 Å². The molecule has 0 saturated carbocycles. The van der Waals surface area contributed by atoms with Crippen LogP contribution in [0.1, 0.15) is 5.69 Å². The number of hydrogen-bond donors (Lipinski definition) is 2. The van der Waals surface area contributed by atoms with Gasteiger partial charge in [0.15, 0.2) is 0 Å². The summed E-state index contributed by atoms with van der Waals surface area (Å²) in [4.78, 5) is 8.02. The van der Waals surface area contributed by atoms with E-state index in [2.05, 4.69) is 9.97 Å². The van der Waals surface area contributed by atoms with Gasteiger partial charge in [-0.25, -0.2) is 4.39 Å². The van der Waals surface area contributed by atoms with Crippen molar-refractivity contribution < 1.29 is 4.39 Å². The van der Waals surface area contributed by atoms with Crippen LogP contribution in [0.4, 0.5) is 10.1 Å². The van der Waals surface area contributed by atoms with Gasteiger partial charge in [-0.2, -0.15) is 0 Å². The Morgan fingerprint density at radius 3 is 2.56 bits per heavy atom. The fourth-order valence-electron chi connectivity index (χ4n) is 1.34. The number of halogens is 1. The molecular weight excluding hydrogens is 207 g/mol. The van der Waals surface area contributed by atoms with Gasteiger partial charge in [0.05, 0.1) is 23.3 Å². The molecule has 5 heteroatoms. The molecule has 0 radical (unpaired) electrons. The summed E-state index contributed by atoms with van der Waals surface area (Å²) in [6.45, 7) is 1.82. The van der Waals surface area contributed by atoms with Crippen LogP contribution in [-0.2, 0) is 0 Å². The van der Waals surface area contributed by atoms with Crippen molar-refractivity contribution in [2.45, 2.75) is 6.92 Å². The highest BCUT2D eigenvalue weighted by Gasteiger charge is 2.06. The Morgan fingerprint density at radius 1 is 1.19 bits per heavy atom. The second-order valence-electron chi connectivity index (χ2n) is 3.22. The number of nitrogens with zero attached hydrogens (tertiary/aromatic N) is 2. The Balaban J connectivity index is 0.00000128. The summed E-state index contributed by atoms with van der Waals surface area (Å²) in [7, 11) is 0. The van der Waals surface area contributed by atoms with Crippen LogP contribution >= 0.6 is 0 Å². The molecule has 0 aromatic carbocycles. The van der Waals surface area contributed by atoms with Gasteiger partial charge in [0.2, 0.25) is 0 Å². The molecule has 0 bridgehead atoms. The van der Waals surface area contributed by atoms with Crippen molar-refractivity contribution in [2.75, 3.05) is 5.73 Å². The predicted octanol–water partition coefficient (Wildman–Crippen LogP) is 2.34. The molecule has 0 atom stereocenters. The van der Waals surface area contributed by atoms with E-state index in [0.717, 1.165) is 11.3 Å². The van der Waals surface area contributed by atoms with Gasteiger partial charge in [-0.05, 0) is 25.1 Å². The van der Waals surface area contributed by atoms with Crippen LogP contribution in [0.5, 0.6) is 0 Å². The van der Waals surface area contributed by atoms with Crippen LogP contribution in [-0.4, -0.2) is 9.97 Å². The maximum atomic E-state index is 12.7. The zero-order chi connectivity index (χ0) is 10.8. The van der Waals surface area contributed by atoms with Gasteiger partial charge in [-0.15, -0.1) is 0 Å². The Labute approximate surface area is 92.9 Å². The molecule has 0 aliphatic carbocycles. The molecule has 0 spiro atoms. The number of hydrogen-bond acceptors (Lipinski definition) is 4. The number of aryl methyl sites for hydroxylation is 1. The van der Waals surface area contributed by atoms with Crippen LogP contribution in [0.15, 0.2) is 30.6 Å². The zero-order valence-electron chi connectivity index (χ0n) is 8.94. The number of nitrogens with two attached hydrogens (primary N) is 1. The van der Waals surface area contributed by atoms with Gasteiger partial charge in [0, 0.05) is 11.8 Å². The van der Waals surface area contributed by atoms with Crippen LogP contribution in [0.2, 0.25) is 0 Å². The molecule has 2 rings (SSSR count). The molecule has 0 unspecified atom stereocenters. The quantitative estimate of drug-likeness (QED) is 0.772. The van der Waals surface area contributed by atoms with Crippen LogP contribution in [0, 0.1) is 12.7 Å². The molecule has 5 N–H and O–H groups in total. The van der Waals surface area contributed by atoms with E-state index >= 15 is 0 Å². The topological polar surface area (TPSA) is 86.8 Å². The van der Waals surface area contributed by atoms with Crippen molar-refractivity contribution >= 4 is 5.69 Å². The fourth-order valence-corrected chi connectivity index (χ4v) is 1.34. The van der Waals surface area contributed by atoms with Gasteiger partial charge in [-0.3, -0.25) is 9.97 Å². The second kappa shape index (κ2) is 4.67. The molecule has 0 fully saturated rings. The van der Waals surface area contributed by atoms with E-state index in [9.17, 15) is 4.39 Å². The van der Waals surface area contributed by atoms with Gasteiger partial charge in [0.1, 0.15) is 5.82 Å². The average molecular weight is 220 g/mol. The molecular formula is C11H13FN4. The van der Waals surface area contributed by atoms with Gasteiger partial charge in [-0.1, -0.05) is 0 Å². The largest absolute Gasteiger partial charge is 0.397 e. The van der Waals surface area contributed by atoms with Crippen LogP contribution in [0.25, 0.3) is 11.3 Å². The first kappa shape index (κ1) is 12.1. The maximum absolute atomic E-state index is 12.7. The first-order valence-electron chi connectivity index (χ1n) is 4.51. The van der Waals surface area contributed by atoms with Crippen LogP contribution in [0.3, 0.4) is 0 Å². The second-order valence-corrected chi connectivity index (χ2v) is 3.22. The summed E-state index contributed by atoms with van der Waals surface area (Å²) in [6, 6.07) is 4.72. The predicted molar refractivity (Wildman–Crippen MR) is 61.6 cm³/mol. The normalized spacial score (nSPS) is 9.62. The average Bonchev–Trinajstić information content (AvgIpc) is 2.24. The van der Waals surface area contributed by atoms with Crippen molar-refractivity contribution in [1.29, 1.82) is 0 Å². The summed E-state index contributed by atoms with van der Waals surface area (Å²) < 4.78 is 12.7. The Morgan fingerprint density at radius 2 is 1.94 bits per heavy atom. The van der Waals surface area contributed by atoms with Crippen molar-refractivity contribution in [1.82, 2.24) is 16.1 Å². The number of aromatic nitrogens is 2. The fraction of sp³-hybridized carbons (Fsp3) is 0.0909. The lowest BCUT2D eigenvalue weighted by Gasteiger charge is -2.06. The molecule has 0 amide bonds. The summed E-state index contributed by atoms with van der Waals surface area (Å²) in [6.07, 6.45) is 2.83. The van der Waals surface area contributed by atoms with Gasteiger partial charge < -0.3 is 11.9 Å². The summed E-state index contributed by atoms with van der Waals surface area (Å²) in [5.41, 5.74) is 8.62. The standard InChI is InChI=1S/C11H10FN3.H3N/c1-7-11(13)9(4-5-14-7)10-3-2-8(12)6-15-10;/h2-6H,13H2,1H3;1H3. The third-order valence-corrected chi connectivity index (χ3v) is 2.19. The van der Waals surface area contributed by atoms with Crippen molar-refractivity contribution in [3.63, 3.8) is 0 Å². The Hall–Kier alpha value is -2.01. The van der Waals surface area contributed by atoms with E-state index in [0.29, 0.717) is 11.4 Å². The maximum Gasteiger partial charge on any atom is 0.141 e. The number of anilines is 1. The lowest BCUT2D eigenvalue weighted by Crippen LogP contribution is -1.97. The number of pyridine rings is 2. The molecule has 2 aromatic rings. The summed E-state index contributed by atoms with van der Waals surface area (Å²) in [5.74, 6) is -0.358. The number of rotatable bonds is 1. The number of nitrogen functional groups attached to an aromatic ring is 1. The van der Waals surface area contributed by atoms with E-state index < -0.39 is 0 Å². The molecule has 0 aliphatic rings. The first-order chi connectivity index (χ1) is 7.18. The third-order valence-electron chi connectivity index (χ3n) is 2.19. The molecule has 2 heterocycles. The van der Waals surface area contributed by atoms with Crippen molar-refractivity contribution in [2.24, 2.45) is 0 Å². The third kappa shape index (κ3) is 2.14. The lowest BCUT2D eigenvalue weighted by atomic mass is 10.1. The van der Waals surface area contributed by atoms with E-state index in [1.165, 1.54) is 12.3 Å². The molecule has 4 nitrogen and oxygen atoms in total. The SMILES string of the molecule is Cc1nccc(-c2ccc(F)cn2)c1N.N. The highest BCUT2D eigenvalue weighted by molar-refractivity contribution is 5.74. The Kier molecular flexibility index (Phi) is 3.52. The van der Waals surface area contributed by atoms with Gasteiger partial charge in [0.25, 0.3) is 0 Å². The molecule has 16 heavy (non-hydrogen) atoms. The molecule has 2 aromatic heterocycles. The van der Waals surface area contributed by atoms with E-state index in [4.69, 9.17) is 5.73 Å². The monoisotopic (exact) mass is 220 g/mol. The first-order valence-corrected chi connectivity index (χ1v) is 4.51. The van der Waals surface area contributed by atoms with Crippen LogP contribution < -0.4 is 11.9 Å². The van der Waals surface area contributed by atoms with Crippen molar-refractivity contribution in [3.05, 3.63) is 42.1 Å². The smallest absolute Gasteiger partial charge is 0.141 e.